The van der Waals surface area contributed by atoms with Crippen LogP contribution in [0.1, 0.15) is 106 Å². The van der Waals surface area contributed by atoms with Crippen molar-refractivity contribution in [3.05, 3.63) is 0 Å². The fourth-order valence-electron chi connectivity index (χ4n) is 10.4. The normalized spacial score (nSPS) is 54.0. The van der Waals surface area contributed by atoms with Gasteiger partial charge in [0.2, 0.25) is 0 Å². The molecule has 1 nitrogen and oxygen atoms in total. The first-order chi connectivity index (χ1) is 13.7. The van der Waals surface area contributed by atoms with Crippen molar-refractivity contribution in [3.8, 4) is 0 Å². The predicted molar refractivity (Wildman–Crippen MR) is 120 cm³/mol. The Balaban J connectivity index is 1.38. The van der Waals surface area contributed by atoms with E-state index in [-0.39, 0.29) is 5.41 Å². The lowest BCUT2D eigenvalue weighted by molar-refractivity contribution is -0.163. The molecule has 5 aliphatic carbocycles. The molecule has 0 amide bonds. The molecule has 29 heavy (non-hydrogen) atoms. The van der Waals surface area contributed by atoms with Gasteiger partial charge in [0.1, 0.15) is 5.78 Å². The number of carbonyl (C=O) groups excluding carboxylic acids is 1. The zero-order valence-corrected chi connectivity index (χ0v) is 20.1. The summed E-state index contributed by atoms with van der Waals surface area (Å²) in [4.78, 5) is 13.7. The molecule has 0 aromatic carbocycles. The highest BCUT2D eigenvalue weighted by Crippen LogP contribution is 2.81. The Hall–Kier alpha value is -0.330. The maximum atomic E-state index is 13.7. The number of ketones is 1. The van der Waals surface area contributed by atoms with Crippen LogP contribution in [0.5, 0.6) is 0 Å². The topological polar surface area (TPSA) is 17.1 Å². The highest BCUT2D eigenvalue weighted by atomic mass is 16.1. The summed E-state index contributed by atoms with van der Waals surface area (Å²) in [6.45, 7) is 14.9. The van der Waals surface area contributed by atoms with Crippen molar-refractivity contribution in [2.24, 2.45) is 63.6 Å². The van der Waals surface area contributed by atoms with Crippen LogP contribution in [0.3, 0.4) is 0 Å². The summed E-state index contributed by atoms with van der Waals surface area (Å²) in [5, 5.41) is 0. The van der Waals surface area contributed by atoms with E-state index < -0.39 is 0 Å². The van der Waals surface area contributed by atoms with Crippen molar-refractivity contribution in [2.45, 2.75) is 106 Å². The molecule has 0 saturated heterocycles. The first kappa shape index (κ1) is 20.6. The summed E-state index contributed by atoms with van der Waals surface area (Å²) < 4.78 is 0. The van der Waals surface area contributed by atoms with Gasteiger partial charge in [0.05, 0.1) is 0 Å². The fraction of sp³-hybridized carbons (Fsp3) is 0.964. The van der Waals surface area contributed by atoms with Gasteiger partial charge in [-0.3, -0.25) is 4.79 Å². The molecule has 0 unspecified atom stereocenters. The minimum atomic E-state index is 0.128. The maximum absolute atomic E-state index is 13.7. The van der Waals surface area contributed by atoms with Gasteiger partial charge in [-0.05, 0) is 97.2 Å². The average molecular weight is 399 g/mol. The molecule has 0 bridgehead atoms. The van der Waals surface area contributed by atoms with Crippen LogP contribution in [0.2, 0.25) is 0 Å². The second-order valence-electron chi connectivity index (χ2n) is 13.3. The van der Waals surface area contributed by atoms with E-state index in [1.807, 2.05) is 0 Å². The average Bonchev–Trinajstić information content (AvgIpc) is 3.19. The number of Topliss-reactive ketones (excluding diaryl/α,β-unsaturated/α-hetero) is 1. The van der Waals surface area contributed by atoms with Gasteiger partial charge in [-0.2, -0.15) is 0 Å². The van der Waals surface area contributed by atoms with Gasteiger partial charge in [-0.15, -0.1) is 0 Å². The summed E-state index contributed by atoms with van der Waals surface area (Å²) >= 11 is 0. The smallest absolute Gasteiger partial charge is 0.142 e. The number of carbonyl (C=O) groups is 1. The van der Waals surface area contributed by atoms with Crippen molar-refractivity contribution >= 4 is 5.78 Å². The highest BCUT2D eigenvalue weighted by Gasteiger charge is 2.79. The summed E-state index contributed by atoms with van der Waals surface area (Å²) in [6, 6.07) is 0. The standard InChI is InChI=1S/C28H46O/c1-17(2)8-7-9-18(3)21-10-11-22-24-19(4)25(29)28-16-20(28)12-15-27(28,6)23(24)13-14-26(21,22)5/h17-24H,7-16H2,1-6H3/t18-,19-,20-,21-,22+,23+,24+,26-,27-,28+/m1/s1. The Morgan fingerprint density at radius 1 is 0.966 bits per heavy atom. The Bertz CT molecular complexity index is 680. The van der Waals surface area contributed by atoms with Crippen molar-refractivity contribution in [2.75, 3.05) is 0 Å². The van der Waals surface area contributed by atoms with Crippen molar-refractivity contribution < 1.29 is 4.79 Å². The molecule has 5 aliphatic rings. The zero-order valence-electron chi connectivity index (χ0n) is 20.1. The van der Waals surface area contributed by atoms with Crippen LogP contribution in [0.15, 0.2) is 0 Å². The largest absolute Gasteiger partial charge is 0.299 e. The highest BCUT2D eigenvalue weighted by molar-refractivity contribution is 5.92. The molecule has 0 aliphatic heterocycles. The van der Waals surface area contributed by atoms with Gasteiger partial charge < -0.3 is 0 Å². The van der Waals surface area contributed by atoms with Gasteiger partial charge in [-0.1, -0.05) is 60.8 Å². The molecule has 164 valence electrons. The third kappa shape index (κ3) is 2.54. The number of rotatable bonds is 5. The number of hydrogen-bond acceptors (Lipinski definition) is 1. The number of fused-ring (bicyclic) bond motifs is 4. The molecule has 0 radical (unpaired) electrons. The molecule has 0 aromatic rings. The maximum Gasteiger partial charge on any atom is 0.142 e. The van der Waals surface area contributed by atoms with E-state index in [0.717, 1.165) is 35.5 Å². The molecule has 5 fully saturated rings. The molecule has 10 atom stereocenters. The van der Waals surface area contributed by atoms with Crippen LogP contribution >= 0.6 is 0 Å². The molecule has 1 spiro atoms. The molecule has 1 heteroatoms. The molecule has 0 aromatic heterocycles. The van der Waals surface area contributed by atoms with E-state index in [4.69, 9.17) is 0 Å². The molecular weight excluding hydrogens is 352 g/mol. The van der Waals surface area contributed by atoms with Crippen LogP contribution < -0.4 is 0 Å². The fourth-order valence-corrected chi connectivity index (χ4v) is 10.4. The van der Waals surface area contributed by atoms with Gasteiger partial charge in [0.15, 0.2) is 0 Å². The van der Waals surface area contributed by atoms with Crippen molar-refractivity contribution in [1.82, 2.24) is 0 Å². The Kier molecular flexibility index (Phi) is 4.67. The number of hydrogen-bond donors (Lipinski definition) is 0. The lowest BCUT2D eigenvalue weighted by Crippen LogP contribution is -2.58. The Labute approximate surface area is 180 Å². The van der Waals surface area contributed by atoms with E-state index in [0.29, 0.717) is 28.4 Å². The molecule has 0 heterocycles. The first-order valence-corrected chi connectivity index (χ1v) is 13.2. The van der Waals surface area contributed by atoms with Crippen LogP contribution in [0.25, 0.3) is 0 Å². The first-order valence-electron chi connectivity index (χ1n) is 13.2. The summed E-state index contributed by atoms with van der Waals surface area (Å²) in [5.41, 5.74) is 0.965. The Morgan fingerprint density at radius 3 is 2.41 bits per heavy atom. The zero-order chi connectivity index (χ0) is 20.8. The van der Waals surface area contributed by atoms with Crippen LogP contribution in [0, 0.1) is 63.6 Å². The van der Waals surface area contributed by atoms with E-state index in [1.54, 1.807) is 0 Å². The van der Waals surface area contributed by atoms with Gasteiger partial charge in [0, 0.05) is 11.3 Å². The third-order valence-corrected chi connectivity index (χ3v) is 11.9. The van der Waals surface area contributed by atoms with Crippen molar-refractivity contribution in [3.63, 3.8) is 0 Å². The lowest BCUT2D eigenvalue weighted by atomic mass is 9.43. The molecule has 0 N–H and O–H groups in total. The monoisotopic (exact) mass is 398 g/mol. The molecule has 5 saturated carbocycles. The summed E-state index contributed by atoms with van der Waals surface area (Å²) in [5.74, 6) is 6.71. The Morgan fingerprint density at radius 2 is 1.72 bits per heavy atom. The minimum Gasteiger partial charge on any atom is -0.299 e. The summed E-state index contributed by atoms with van der Waals surface area (Å²) in [7, 11) is 0. The molecular formula is C28H46O. The second kappa shape index (κ2) is 6.59. The van der Waals surface area contributed by atoms with Crippen LogP contribution in [-0.2, 0) is 4.79 Å². The van der Waals surface area contributed by atoms with Crippen molar-refractivity contribution in [1.29, 1.82) is 0 Å². The molecule has 5 rings (SSSR count). The van der Waals surface area contributed by atoms with Crippen LogP contribution in [-0.4, -0.2) is 5.78 Å². The van der Waals surface area contributed by atoms with Gasteiger partial charge in [-0.25, -0.2) is 0 Å². The lowest BCUT2D eigenvalue weighted by Gasteiger charge is -2.60. The van der Waals surface area contributed by atoms with E-state index in [2.05, 4.69) is 41.5 Å². The minimum absolute atomic E-state index is 0.128. The SMILES string of the molecule is CC(C)CCC[C@@H](C)[C@H]1CC[C@H]2[C@@H]3[C@@H](C)C(=O)[C@]45C[C@H]4CC[C@]5(C)[C@H]3CC[C@]12C. The van der Waals surface area contributed by atoms with Gasteiger partial charge in [0.25, 0.3) is 0 Å². The van der Waals surface area contributed by atoms with Crippen LogP contribution in [0.4, 0.5) is 0 Å². The quantitative estimate of drug-likeness (QED) is 0.467. The van der Waals surface area contributed by atoms with E-state index in [1.165, 1.54) is 64.2 Å². The van der Waals surface area contributed by atoms with E-state index in [9.17, 15) is 4.79 Å². The third-order valence-electron chi connectivity index (χ3n) is 11.9. The summed E-state index contributed by atoms with van der Waals surface area (Å²) in [6.07, 6.45) is 13.8. The van der Waals surface area contributed by atoms with Gasteiger partial charge >= 0.3 is 0 Å². The predicted octanol–water partition coefficient (Wildman–Crippen LogP) is 7.53. The van der Waals surface area contributed by atoms with E-state index >= 15 is 0 Å². The second-order valence-corrected chi connectivity index (χ2v) is 13.3.